The topological polar surface area (TPSA) is 56.0 Å². The zero-order valence-corrected chi connectivity index (χ0v) is 10.3. The summed E-state index contributed by atoms with van der Waals surface area (Å²) in [5.74, 6) is 0.143. The van der Waals surface area contributed by atoms with Crippen LogP contribution < -0.4 is 5.32 Å². The maximum atomic E-state index is 9.71. The summed E-state index contributed by atoms with van der Waals surface area (Å²) in [6, 6.07) is 14.3. The van der Waals surface area contributed by atoms with Crippen molar-refractivity contribution in [3.63, 3.8) is 0 Å². The van der Waals surface area contributed by atoms with E-state index in [-0.39, 0.29) is 5.75 Å². The summed E-state index contributed by atoms with van der Waals surface area (Å²) < 4.78 is 0. The lowest BCUT2D eigenvalue weighted by atomic mass is 10.1. The molecule has 0 atom stereocenters. The van der Waals surface area contributed by atoms with Crippen LogP contribution in [0.5, 0.6) is 5.75 Å². The Morgan fingerprint density at radius 2 is 1.94 bits per heavy atom. The summed E-state index contributed by atoms with van der Waals surface area (Å²) in [5, 5.41) is 22.3. The molecule has 0 aliphatic carbocycles. The number of nitrogens with one attached hydrogen (secondary N) is 1. The largest absolute Gasteiger partial charge is 0.508 e. The average molecular weight is 259 g/mol. The van der Waals surface area contributed by atoms with E-state index in [4.69, 9.17) is 16.9 Å². The molecule has 2 N–H and O–H groups in total. The van der Waals surface area contributed by atoms with Crippen molar-refractivity contribution in [2.75, 3.05) is 5.32 Å². The zero-order valence-electron chi connectivity index (χ0n) is 9.52. The van der Waals surface area contributed by atoms with Crippen molar-refractivity contribution in [3.05, 3.63) is 58.6 Å². The van der Waals surface area contributed by atoms with E-state index in [0.717, 1.165) is 5.69 Å². The molecule has 2 aromatic carbocycles. The molecule has 18 heavy (non-hydrogen) atoms. The monoisotopic (exact) mass is 258 g/mol. The fourth-order valence-corrected chi connectivity index (χ4v) is 1.88. The first-order valence-electron chi connectivity index (χ1n) is 5.41. The molecule has 0 aromatic heterocycles. The van der Waals surface area contributed by atoms with E-state index in [0.29, 0.717) is 22.7 Å². The first-order valence-corrected chi connectivity index (χ1v) is 5.79. The quantitative estimate of drug-likeness (QED) is 0.886. The highest BCUT2D eigenvalue weighted by molar-refractivity contribution is 6.31. The molecule has 0 fully saturated rings. The van der Waals surface area contributed by atoms with Gasteiger partial charge in [-0.1, -0.05) is 29.8 Å². The van der Waals surface area contributed by atoms with E-state index in [2.05, 4.69) is 11.4 Å². The molecule has 0 amide bonds. The average Bonchev–Trinajstić information content (AvgIpc) is 2.38. The lowest BCUT2D eigenvalue weighted by molar-refractivity contribution is 0.469. The Morgan fingerprint density at radius 1 is 1.17 bits per heavy atom. The van der Waals surface area contributed by atoms with Crippen LogP contribution in [0.2, 0.25) is 5.02 Å². The highest BCUT2D eigenvalue weighted by atomic mass is 35.5. The van der Waals surface area contributed by atoms with Crippen molar-refractivity contribution in [1.82, 2.24) is 0 Å². The predicted octanol–water partition coefficient (Wildman–Crippen LogP) is 3.53. The normalized spacial score (nSPS) is 9.78. The lowest BCUT2D eigenvalue weighted by Gasteiger charge is -2.10. The van der Waals surface area contributed by atoms with Gasteiger partial charge in [0, 0.05) is 17.1 Å². The number of halogens is 1. The van der Waals surface area contributed by atoms with Gasteiger partial charge in [-0.25, -0.2) is 0 Å². The van der Waals surface area contributed by atoms with Crippen LogP contribution in [0.15, 0.2) is 42.5 Å². The van der Waals surface area contributed by atoms with Crippen LogP contribution in [0.3, 0.4) is 0 Å². The number of phenols is 1. The number of nitrogens with zero attached hydrogens (tertiary/aromatic N) is 1. The van der Waals surface area contributed by atoms with Gasteiger partial charge in [0.15, 0.2) is 0 Å². The SMILES string of the molecule is N#Cc1ccccc1NCc1c(O)cccc1Cl. The first kappa shape index (κ1) is 12.3. The molecular weight excluding hydrogens is 248 g/mol. The summed E-state index contributed by atoms with van der Waals surface area (Å²) in [7, 11) is 0. The number of nitriles is 1. The van der Waals surface area contributed by atoms with Crippen molar-refractivity contribution in [2.24, 2.45) is 0 Å². The van der Waals surface area contributed by atoms with Crippen LogP contribution in [-0.4, -0.2) is 5.11 Å². The number of benzene rings is 2. The minimum Gasteiger partial charge on any atom is -0.508 e. The number of hydrogen-bond acceptors (Lipinski definition) is 3. The molecule has 3 nitrogen and oxygen atoms in total. The molecule has 4 heteroatoms. The highest BCUT2D eigenvalue weighted by Gasteiger charge is 2.07. The van der Waals surface area contributed by atoms with Gasteiger partial charge in [-0.15, -0.1) is 0 Å². The van der Waals surface area contributed by atoms with Gasteiger partial charge in [0.1, 0.15) is 11.8 Å². The number of anilines is 1. The second-order valence-electron chi connectivity index (χ2n) is 3.75. The van der Waals surface area contributed by atoms with E-state index < -0.39 is 0 Å². The third-order valence-electron chi connectivity index (χ3n) is 2.60. The van der Waals surface area contributed by atoms with Gasteiger partial charge in [0.25, 0.3) is 0 Å². The van der Waals surface area contributed by atoms with Crippen molar-refractivity contribution < 1.29 is 5.11 Å². The molecular formula is C14H11ClN2O. The maximum absolute atomic E-state index is 9.71. The number of para-hydroxylation sites is 1. The van der Waals surface area contributed by atoms with E-state index >= 15 is 0 Å². The standard InChI is InChI=1S/C14H11ClN2O/c15-12-5-3-7-14(18)11(12)9-17-13-6-2-1-4-10(13)8-16/h1-7,17-18H,9H2. The molecule has 0 heterocycles. The fourth-order valence-electron chi connectivity index (χ4n) is 1.64. The van der Waals surface area contributed by atoms with Crippen LogP contribution in [-0.2, 0) is 6.54 Å². The van der Waals surface area contributed by atoms with E-state index in [1.807, 2.05) is 12.1 Å². The maximum Gasteiger partial charge on any atom is 0.122 e. The molecule has 0 saturated heterocycles. The minimum atomic E-state index is 0.143. The predicted molar refractivity (Wildman–Crippen MR) is 71.6 cm³/mol. The summed E-state index contributed by atoms with van der Waals surface area (Å²) >= 11 is 6.00. The van der Waals surface area contributed by atoms with Gasteiger partial charge in [0.2, 0.25) is 0 Å². The summed E-state index contributed by atoms with van der Waals surface area (Å²) in [6.45, 7) is 0.365. The van der Waals surface area contributed by atoms with E-state index in [1.165, 1.54) is 0 Å². The fraction of sp³-hybridized carbons (Fsp3) is 0.0714. The third kappa shape index (κ3) is 2.55. The van der Waals surface area contributed by atoms with Crippen molar-refractivity contribution in [1.29, 1.82) is 5.26 Å². The number of rotatable bonds is 3. The van der Waals surface area contributed by atoms with Crippen LogP contribution >= 0.6 is 11.6 Å². The van der Waals surface area contributed by atoms with Gasteiger partial charge in [0.05, 0.1) is 11.3 Å². The Kier molecular flexibility index (Phi) is 3.71. The highest BCUT2D eigenvalue weighted by Crippen LogP contribution is 2.26. The van der Waals surface area contributed by atoms with E-state index in [1.54, 1.807) is 30.3 Å². The number of hydrogen-bond donors (Lipinski definition) is 2. The lowest BCUT2D eigenvalue weighted by Crippen LogP contribution is -2.02. The molecule has 0 spiro atoms. The third-order valence-corrected chi connectivity index (χ3v) is 2.95. The van der Waals surface area contributed by atoms with Gasteiger partial charge >= 0.3 is 0 Å². The van der Waals surface area contributed by atoms with Crippen LogP contribution in [0, 0.1) is 11.3 Å². The molecule has 0 radical (unpaired) electrons. The Labute approximate surface area is 110 Å². The van der Waals surface area contributed by atoms with E-state index in [9.17, 15) is 5.11 Å². The Morgan fingerprint density at radius 3 is 2.67 bits per heavy atom. The first-order chi connectivity index (χ1) is 8.72. The zero-order chi connectivity index (χ0) is 13.0. The minimum absolute atomic E-state index is 0.143. The van der Waals surface area contributed by atoms with Gasteiger partial charge in [-0.05, 0) is 24.3 Å². The smallest absolute Gasteiger partial charge is 0.122 e. The molecule has 0 unspecified atom stereocenters. The number of aromatic hydroxyl groups is 1. The Balaban J connectivity index is 2.20. The summed E-state index contributed by atoms with van der Waals surface area (Å²) in [5.41, 5.74) is 1.90. The van der Waals surface area contributed by atoms with Crippen molar-refractivity contribution in [2.45, 2.75) is 6.54 Å². The second kappa shape index (κ2) is 5.44. The molecule has 0 aliphatic heterocycles. The molecule has 2 aromatic rings. The van der Waals surface area contributed by atoms with Gasteiger partial charge < -0.3 is 10.4 Å². The van der Waals surface area contributed by atoms with Gasteiger partial charge in [-0.2, -0.15) is 5.26 Å². The van der Waals surface area contributed by atoms with Gasteiger partial charge in [-0.3, -0.25) is 0 Å². The van der Waals surface area contributed by atoms with Crippen molar-refractivity contribution >= 4 is 17.3 Å². The molecule has 2 rings (SSSR count). The molecule has 0 saturated carbocycles. The second-order valence-corrected chi connectivity index (χ2v) is 4.16. The number of phenolic OH excluding ortho intramolecular Hbond substituents is 1. The Bertz CT molecular complexity index is 585. The summed E-state index contributed by atoms with van der Waals surface area (Å²) in [4.78, 5) is 0. The molecule has 90 valence electrons. The van der Waals surface area contributed by atoms with Crippen LogP contribution in [0.4, 0.5) is 5.69 Å². The van der Waals surface area contributed by atoms with Crippen molar-refractivity contribution in [3.8, 4) is 11.8 Å². The molecule has 0 aliphatic rings. The molecule has 0 bridgehead atoms. The van der Waals surface area contributed by atoms with Crippen LogP contribution in [0.25, 0.3) is 0 Å². The van der Waals surface area contributed by atoms with Crippen LogP contribution in [0.1, 0.15) is 11.1 Å². The summed E-state index contributed by atoms with van der Waals surface area (Å²) in [6.07, 6.45) is 0. The Hall–Kier alpha value is -2.18.